The fraction of sp³-hybridized carbons (Fsp3) is 0.400. The lowest BCUT2D eigenvalue weighted by molar-refractivity contribution is -0.168. The Hall–Kier alpha value is -1.26. The molecule has 0 spiro atoms. The Morgan fingerprint density at radius 3 is 2.78 bits per heavy atom. The zero-order valence-electron chi connectivity index (χ0n) is 10.00. The van der Waals surface area contributed by atoms with Crippen LogP contribution in [-0.4, -0.2) is 12.5 Å². The summed E-state index contributed by atoms with van der Waals surface area (Å²) in [6.07, 6.45) is 0.648. The van der Waals surface area contributed by atoms with Crippen molar-refractivity contribution in [2.75, 3.05) is 11.7 Å². The first-order valence-corrected chi connectivity index (χ1v) is 5.59. The molecule has 1 heterocycles. The van der Waals surface area contributed by atoms with Gasteiger partial charge in [0, 0.05) is 6.07 Å². The Morgan fingerprint density at radius 2 is 2.11 bits per heavy atom. The number of hydrogen-bond donors (Lipinski definition) is 3. The van der Waals surface area contributed by atoms with Gasteiger partial charge in [-0.15, -0.1) is 0 Å². The van der Waals surface area contributed by atoms with Gasteiger partial charge in [-0.25, -0.2) is 0 Å². The summed E-state index contributed by atoms with van der Waals surface area (Å²) in [7, 11) is 0. The molecule has 1 aromatic carbocycles. The number of rotatable bonds is 3. The first kappa shape index (κ1) is 13.2. The first-order valence-electron chi connectivity index (χ1n) is 5.59. The van der Waals surface area contributed by atoms with Crippen LogP contribution in [0.25, 0.3) is 0 Å². The quantitative estimate of drug-likeness (QED) is 0.399. The number of hydrogen-bond acceptors (Lipinski definition) is 7. The zero-order valence-corrected chi connectivity index (χ0v) is 10.00. The van der Waals surface area contributed by atoms with E-state index in [0.717, 1.165) is 0 Å². The number of fused-ring (bicyclic) bond motifs is 1. The third-order valence-corrected chi connectivity index (χ3v) is 2.56. The lowest BCUT2D eigenvalue weighted by atomic mass is 10.2. The van der Waals surface area contributed by atoms with E-state index >= 15 is 0 Å². The number of nitrogens with two attached hydrogens (primary N) is 2. The SMILES string of the molecule is CCCO[N+]1([O-])NC(N)(N)N([O-])c2ccccc21. The molecule has 8 heteroatoms. The van der Waals surface area contributed by atoms with Crippen LogP contribution in [0.3, 0.4) is 0 Å². The minimum atomic E-state index is -2.02. The summed E-state index contributed by atoms with van der Waals surface area (Å²) in [5.41, 5.74) is 13.6. The van der Waals surface area contributed by atoms with Crippen molar-refractivity contribution in [3.63, 3.8) is 0 Å². The van der Waals surface area contributed by atoms with Gasteiger partial charge in [0.05, 0.1) is 5.69 Å². The van der Waals surface area contributed by atoms with Crippen LogP contribution in [0.15, 0.2) is 24.3 Å². The normalized spacial score (nSPS) is 25.9. The molecule has 1 unspecified atom stereocenters. The van der Waals surface area contributed by atoms with E-state index < -0.39 is 10.8 Å². The predicted molar refractivity (Wildman–Crippen MR) is 67.9 cm³/mol. The molecule has 0 saturated heterocycles. The number of para-hydroxylation sites is 2. The zero-order chi connectivity index (χ0) is 13.4. The summed E-state index contributed by atoms with van der Waals surface area (Å²) < 4.78 is 0. The summed E-state index contributed by atoms with van der Waals surface area (Å²) >= 11 is 0. The van der Waals surface area contributed by atoms with E-state index in [1.54, 1.807) is 12.1 Å². The molecule has 0 aliphatic carbocycles. The molecule has 0 bridgehead atoms. The fourth-order valence-corrected chi connectivity index (χ4v) is 1.75. The van der Waals surface area contributed by atoms with Gasteiger partial charge in [-0.2, -0.15) is 4.84 Å². The molecule has 0 saturated carbocycles. The lowest BCUT2D eigenvalue weighted by Gasteiger charge is -2.54. The number of quaternary nitrogens is 1. The maximum Gasteiger partial charge on any atom is 0.237 e. The molecule has 18 heavy (non-hydrogen) atoms. The van der Waals surface area contributed by atoms with Crippen LogP contribution < -0.4 is 26.9 Å². The van der Waals surface area contributed by atoms with Crippen molar-refractivity contribution in [3.8, 4) is 0 Å². The topological polar surface area (TPSA) is 123 Å². The van der Waals surface area contributed by atoms with Crippen LogP contribution in [0.4, 0.5) is 11.4 Å². The van der Waals surface area contributed by atoms with Gasteiger partial charge in [0.2, 0.25) is 11.6 Å². The maximum atomic E-state index is 12.5. The number of nitrogens with zero attached hydrogens (tertiary/aromatic N) is 2. The molecule has 1 aliphatic heterocycles. The number of anilines is 1. The van der Waals surface area contributed by atoms with E-state index in [9.17, 15) is 10.4 Å². The molecular weight excluding hydrogens is 238 g/mol. The van der Waals surface area contributed by atoms with Gasteiger partial charge in [-0.3, -0.25) is 11.5 Å². The largest absolute Gasteiger partial charge is 0.755 e. The van der Waals surface area contributed by atoms with Crippen molar-refractivity contribution >= 4 is 11.4 Å². The van der Waals surface area contributed by atoms with E-state index in [1.807, 2.05) is 6.92 Å². The van der Waals surface area contributed by atoms with Gasteiger partial charge in [0.25, 0.3) is 0 Å². The van der Waals surface area contributed by atoms with Crippen molar-refractivity contribution in [1.29, 1.82) is 0 Å². The number of nitrogens with one attached hydrogen (secondary N) is 1. The molecule has 0 radical (unpaired) electrons. The van der Waals surface area contributed by atoms with Crippen molar-refractivity contribution in [2.24, 2.45) is 11.5 Å². The predicted octanol–water partition coefficient (Wildman–Crippen LogP) is 0.184. The van der Waals surface area contributed by atoms with Gasteiger partial charge in [0.15, 0.2) is 0 Å². The highest BCUT2D eigenvalue weighted by Crippen LogP contribution is 2.37. The molecule has 0 aromatic heterocycles. The summed E-state index contributed by atoms with van der Waals surface area (Å²) in [4.78, 5) is 3.80. The molecule has 1 aliphatic rings. The molecular formula is C10H16N5O3-. The molecule has 1 aromatic rings. The summed E-state index contributed by atoms with van der Waals surface area (Å²) in [6.45, 7) is 2.07. The van der Waals surface area contributed by atoms with Crippen LogP contribution in [0.1, 0.15) is 13.3 Å². The van der Waals surface area contributed by atoms with E-state index in [0.29, 0.717) is 11.5 Å². The molecule has 5 N–H and O–H groups in total. The minimum absolute atomic E-state index is 0.0901. The standard InChI is InChI=1S/C10H16N5O3/c1-2-7-18-15(17)9-6-4-3-5-8(9)14(16)10(11,12)13-15/h3-6,13H,2,7,11-12H2,1H3/q-1. The van der Waals surface area contributed by atoms with Gasteiger partial charge >= 0.3 is 0 Å². The Labute approximate surface area is 104 Å². The average molecular weight is 254 g/mol. The summed E-state index contributed by atoms with van der Waals surface area (Å²) in [5, 5.41) is 24.8. The molecule has 0 fully saturated rings. The highest BCUT2D eigenvalue weighted by molar-refractivity contribution is 5.71. The fourth-order valence-electron chi connectivity index (χ4n) is 1.75. The van der Waals surface area contributed by atoms with E-state index in [2.05, 4.69) is 5.43 Å². The smallest absolute Gasteiger partial charge is 0.237 e. The molecule has 100 valence electrons. The molecule has 0 amide bonds. The molecule has 1 atom stereocenters. The van der Waals surface area contributed by atoms with Crippen molar-refractivity contribution < 1.29 is 4.84 Å². The molecule has 2 rings (SSSR count). The Morgan fingerprint density at radius 1 is 1.44 bits per heavy atom. The van der Waals surface area contributed by atoms with E-state index in [1.165, 1.54) is 12.1 Å². The second-order valence-electron chi connectivity index (χ2n) is 4.10. The highest BCUT2D eigenvalue weighted by atomic mass is 17.0. The summed E-state index contributed by atoms with van der Waals surface area (Å²) in [5.74, 6) is -2.02. The number of benzene rings is 1. The van der Waals surface area contributed by atoms with Crippen molar-refractivity contribution in [1.82, 2.24) is 10.3 Å². The monoisotopic (exact) mass is 254 g/mol. The number of hydroxylamine groups is 1. The minimum Gasteiger partial charge on any atom is -0.755 e. The van der Waals surface area contributed by atoms with Crippen LogP contribution in [0, 0.1) is 10.4 Å². The van der Waals surface area contributed by atoms with Crippen LogP contribution >= 0.6 is 0 Å². The first-order chi connectivity index (χ1) is 8.41. The third-order valence-electron chi connectivity index (χ3n) is 2.56. The summed E-state index contributed by atoms with van der Waals surface area (Å²) in [6, 6.07) is 6.22. The van der Waals surface area contributed by atoms with Crippen LogP contribution in [-0.2, 0) is 4.84 Å². The maximum absolute atomic E-state index is 12.5. The average Bonchev–Trinajstić information content (AvgIpc) is 2.34. The molecule has 8 nitrogen and oxygen atoms in total. The van der Waals surface area contributed by atoms with Gasteiger partial charge < -0.3 is 15.5 Å². The van der Waals surface area contributed by atoms with Crippen LogP contribution in [0.2, 0.25) is 0 Å². The lowest BCUT2D eigenvalue weighted by Crippen LogP contribution is -2.81. The van der Waals surface area contributed by atoms with Crippen LogP contribution in [0.5, 0.6) is 0 Å². The van der Waals surface area contributed by atoms with Crippen molar-refractivity contribution in [2.45, 2.75) is 19.3 Å². The van der Waals surface area contributed by atoms with E-state index in [-0.39, 0.29) is 18.0 Å². The second-order valence-corrected chi connectivity index (χ2v) is 4.10. The van der Waals surface area contributed by atoms with Gasteiger partial charge in [0.1, 0.15) is 6.61 Å². The van der Waals surface area contributed by atoms with Crippen molar-refractivity contribution in [3.05, 3.63) is 34.7 Å². The highest BCUT2D eigenvalue weighted by Gasteiger charge is 2.42. The van der Waals surface area contributed by atoms with Gasteiger partial charge in [-0.1, -0.05) is 29.4 Å². The second kappa shape index (κ2) is 4.44. The Bertz CT molecular complexity index is 441. The Kier molecular flexibility index (Phi) is 3.25. The van der Waals surface area contributed by atoms with E-state index in [4.69, 9.17) is 16.3 Å². The van der Waals surface area contributed by atoms with Gasteiger partial charge in [-0.05, 0) is 12.5 Å². The third kappa shape index (κ3) is 2.06. The Balaban J connectivity index is 2.46.